The first kappa shape index (κ1) is 24.5. The van der Waals surface area contributed by atoms with Crippen molar-refractivity contribution in [3.05, 3.63) is 78.4 Å². The van der Waals surface area contributed by atoms with E-state index < -0.39 is 11.9 Å². The van der Waals surface area contributed by atoms with Gasteiger partial charge in [0.2, 0.25) is 17.7 Å². The summed E-state index contributed by atoms with van der Waals surface area (Å²) in [6, 6.07) is 20.8. The van der Waals surface area contributed by atoms with Gasteiger partial charge in [-0.15, -0.1) is 0 Å². The number of rotatable bonds is 7. The van der Waals surface area contributed by atoms with E-state index in [4.69, 9.17) is 4.74 Å². The molecule has 1 aliphatic heterocycles. The van der Waals surface area contributed by atoms with Gasteiger partial charge < -0.3 is 25.6 Å². The summed E-state index contributed by atoms with van der Waals surface area (Å²) in [7, 11) is 0. The molecule has 36 heavy (non-hydrogen) atoms. The average molecular weight is 487 g/mol. The number of benzene rings is 3. The van der Waals surface area contributed by atoms with Crippen molar-refractivity contribution in [2.75, 3.05) is 22.1 Å². The third-order valence-corrected chi connectivity index (χ3v) is 5.42. The van der Waals surface area contributed by atoms with Crippen molar-refractivity contribution in [3.63, 3.8) is 0 Å². The predicted molar refractivity (Wildman–Crippen MR) is 136 cm³/mol. The Kier molecular flexibility index (Phi) is 7.29. The zero-order chi connectivity index (χ0) is 25.7. The third-order valence-electron chi connectivity index (χ3n) is 5.42. The maximum Gasteiger partial charge on any atom is 0.251 e. The quantitative estimate of drug-likeness (QED) is 0.468. The molecule has 4 rings (SSSR count). The van der Waals surface area contributed by atoms with E-state index >= 15 is 0 Å². The Bertz CT molecular complexity index is 1260. The van der Waals surface area contributed by atoms with Crippen LogP contribution in [0.4, 0.5) is 17.1 Å². The lowest BCUT2D eigenvalue weighted by molar-refractivity contribution is -0.117. The van der Waals surface area contributed by atoms with Crippen LogP contribution in [0.1, 0.15) is 30.6 Å². The lowest BCUT2D eigenvalue weighted by Crippen LogP contribution is -2.37. The maximum absolute atomic E-state index is 13.0. The van der Waals surface area contributed by atoms with Crippen LogP contribution in [0.25, 0.3) is 0 Å². The fourth-order valence-electron chi connectivity index (χ4n) is 3.95. The molecule has 4 amide bonds. The molecule has 0 radical (unpaired) electrons. The first-order chi connectivity index (χ1) is 17.3. The molecule has 3 aromatic rings. The topological polar surface area (TPSA) is 117 Å². The number of nitrogens with one attached hydrogen (secondary N) is 3. The van der Waals surface area contributed by atoms with Crippen LogP contribution >= 0.6 is 0 Å². The minimum Gasteiger partial charge on any atom is -0.457 e. The molecule has 3 N–H and O–H groups in total. The second kappa shape index (κ2) is 10.7. The number of hydrogen-bond acceptors (Lipinski definition) is 5. The number of hydrogen-bond donors (Lipinski definition) is 3. The van der Waals surface area contributed by atoms with Crippen LogP contribution < -0.4 is 25.6 Å². The number of carbonyl (C=O) groups excluding carboxylic acids is 4. The summed E-state index contributed by atoms with van der Waals surface area (Å²) < 4.78 is 5.80. The molecule has 9 nitrogen and oxygen atoms in total. The molecular weight excluding hydrogens is 460 g/mol. The van der Waals surface area contributed by atoms with Gasteiger partial charge in [-0.1, -0.05) is 18.2 Å². The summed E-state index contributed by atoms with van der Waals surface area (Å²) >= 11 is 0. The van der Waals surface area contributed by atoms with Crippen molar-refractivity contribution >= 4 is 40.7 Å². The standard InChI is InChI=1S/C27H26N4O5/c1-17(32)28-20-12-19(13-21(14-20)29-18(2)33)27(35)30-22-15-26(34)31(16-22)23-8-10-25(11-9-23)36-24-6-4-3-5-7-24/h3-14,22H,15-16H2,1-2H3,(H,28,32)(H,29,33)(H,30,35). The molecule has 1 unspecified atom stereocenters. The van der Waals surface area contributed by atoms with E-state index in [1.165, 1.54) is 26.0 Å². The highest BCUT2D eigenvalue weighted by molar-refractivity contribution is 6.01. The Balaban J connectivity index is 1.42. The van der Waals surface area contributed by atoms with E-state index in [9.17, 15) is 19.2 Å². The molecule has 0 aromatic heterocycles. The van der Waals surface area contributed by atoms with Crippen LogP contribution in [-0.4, -0.2) is 36.2 Å². The predicted octanol–water partition coefficient (Wildman–Crippen LogP) is 3.93. The van der Waals surface area contributed by atoms with Crippen molar-refractivity contribution in [1.82, 2.24) is 5.32 Å². The van der Waals surface area contributed by atoms with Crippen LogP contribution in [0.3, 0.4) is 0 Å². The fourth-order valence-corrected chi connectivity index (χ4v) is 3.95. The van der Waals surface area contributed by atoms with E-state index in [0.717, 1.165) is 5.75 Å². The summed E-state index contributed by atoms with van der Waals surface area (Å²) in [4.78, 5) is 50.2. The zero-order valence-electron chi connectivity index (χ0n) is 19.9. The van der Waals surface area contributed by atoms with Gasteiger partial charge in [-0.05, 0) is 54.6 Å². The summed E-state index contributed by atoms with van der Waals surface area (Å²) in [5.74, 6) is 0.227. The molecular formula is C27H26N4O5. The normalized spacial score (nSPS) is 14.8. The van der Waals surface area contributed by atoms with Gasteiger partial charge in [0.1, 0.15) is 11.5 Å². The van der Waals surface area contributed by atoms with Crippen LogP contribution in [0.15, 0.2) is 72.8 Å². The monoisotopic (exact) mass is 486 g/mol. The van der Waals surface area contributed by atoms with E-state index in [1.807, 2.05) is 30.3 Å². The molecule has 184 valence electrons. The first-order valence-electron chi connectivity index (χ1n) is 11.4. The molecule has 0 saturated carbocycles. The minimum atomic E-state index is -0.417. The Morgan fingerprint density at radius 3 is 2.00 bits per heavy atom. The van der Waals surface area contributed by atoms with Crippen molar-refractivity contribution in [3.8, 4) is 11.5 Å². The zero-order valence-corrected chi connectivity index (χ0v) is 19.9. The highest BCUT2D eigenvalue weighted by atomic mass is 16.5. The van der Waals surface area contributed by atoms with Crippen LogP contribution in [0, 0.1) is 0 Å². The van der Waals surface area contributed by atoms with E-state index in [2.05, 4.69) is 16.0 Å². The van der Waals surface area contributed by atoms with E-state index in [0.29, 0.717) is 29.4 Å². The molecule has 1 heterocycles. The Morgan fingerprint density at radius 1 is 0.833 bits per heavy atom. The second-order valence-electron chi connectivity index (χ2n) is 8.45. The van der Waals surface area contributed by atoms with Gasteiger partial charge >= 0.3 is 0 Å². The lowest BCUT2D eigenvalue weighted by Gasteiger charge is -2.18. The SMILES string of the molecule is CC(=O)Nc1cc(NC(C)=O)cc(C(=O)NC2CC(=O)N(c3ccc(Oc4ccccc4)cc3)C2)c1. The van der Waals surface area contributed by atoms with Gasteiger partial charge in [0.15, 0.2) is 0 Å². The Hall–Kier alpha value is -4.66. The number of ether oxygens (including phenoxy) is 1. The lowest BCUT2D eigenvalue weighted by atomic mass is 10.1. The largest absolute Gasteiger partial charge is 0.457 e. The number of carbonyl (C=O) groups is 4. The number of para-hydroxylation sites is 1. The molecule has 1 atom stereocenters. The van der Waals surface area contributed by atoms with Crippen molar-refractivity contribution < 1.29 is 23.9 Å². The number of anilines is 3. The van der Waals surface area contributed by atoms with Crippen molar-refractivity contribution in [1.29, 1.82) is 0 Å². The summed E-state index contributed by atoms with van der Waals surface area (Å²) in [5, 5.41) is 8.12. The Morgan fingerprint density at radius 2 is 1.42 bits per heavy atom. The summed E-state index contributed by atoms with van der Waals surface area (Å²) in [6.45, 7) is 3.02. The molecule has 1 saturated heterocycles. The smallest absolute Gasteiger partial charge is 0.251 e. The number of nitrogens with zero attached hydrogens (tertiary/aromatic N) is 1. The van der Waals surface area contributed by atoms with Gasteiger partial charge in [-0.2, -0.15) is 0 Å². The van der Waals surface area contributed by atoms with E-state index in [-0.39, 0.29) is 29.7 Å². The first-order valence-corrected chi connectivity index (χ1v) is 11.4. The minimum absolute atomic E-state index is 0.108. The maximum atomic E-state index is 13.0. The Labute approximate surface area is 208 Å². The highest BCUT2D eigenvalue weighted by Crippen LogP contribution is 2.27. The van der Waals surface area contributed by atoms with Crippen molar-refractivity contribution in [2.45, 2.75) is 26.3 Å². The average Bonchev–Trinajstić information content (AvgIpc) is 3.19. The van der Waals surface area contributed by atoms with Gasteiger partial charge in [0, 0.05) is 49.4 Å². The molecule has 0 aliphatic carbocycles. The summed E-state index contributed by atoms with van der Waals surface area (Å²) in [5.41, 5.74) is 1.71. The van der Waals surface area contributed by atoms with E-state index in [1.54, 1.807) is 35.2 Å². The second-order valence-corrected chi connectivity index (χ2v) is 8.45. The highest BCUT2D eigenvalue weighted by Gasteiger charge is 2.32. The molecule has 0 bridgehead atoms. The van der Waals surface area contributed by atoms with Gasteiger partial charge in [0.25, 0.3) is 5.91 Å². The van der Waals surface area contributed by atoms with Gasteiger partial charge in [0.05, 0.1) is 6.04 Å². The molecule has 1 aliphatic rings. The molecule has 1 fully saturated rings. The van der Waals surface area contributed by atoms with Crippen molar-refractivity contribution in [2.24, 2.45) is 0 Å². The van der Waals surface area contributed by atoms with Crippen LogP contribution in [0.2, 0.25) is 0 Å². The van der Waals surface area contributed by atoms with Gasteiger partial charge in [-0.25, -0.2) is 0 Å². The molecule has 9 heteroatoms. The molecule has 3 aromatic carbocycles. The van der Waals surface area contributed by atoms with Crippen LogP contribution in [0.5, 0.6) is 11.5 Å². The number of amides is 4. The third kappa shape index (κ3) is 6.26. The fraction of sp³-hybridized carbons (Fsp3) is 0.185. The molecule has 0 spiro atoms. The van der Waals surface area contributed by atoms with Crippen LogP contribution in [-0.2, 0) is 14.4 Å². The van der Waals surface area contributed by atoms with Gasteiger partial charge in [-0.3, -0.25) is 19.2 Å². The summed E-state index contributed by atoms with van der Waals surface area (Å²) in [6.07, 6.45) is 0.151.